The van der Waals surface area contributed by atoms with E-state index in [9.17, 15) is 0 Å². The number of nitrogens with one attached hydrogen (secondary N) is 1. The normalized spacial score (nSPS) is 28.6. The van der Waals surface area contributed by atoms with E-state index >= 15 is 0 Å². The van der Waals surface area contributed by atoms with Crippen molar-refractivity contribution in [2.24, 2.45) is 17.6 Å². The van der Waals surface area contributed by atoms with E-state index in [4.69, 9.17) is 5.73 Å². The molecule has 20 heavy (non-hydrogen) atoms. The fourth-order valence-electron chi connectivity index (χ4n) is 3.55. The maximum absolute atomic E-state index is 6.12. The van der Waals surface area contributed by atoms with E-state index in [1.807, 2.05) is 0 Å². The number of hydrogen-bond donors (Lipinski definition) is 2. The molecule has 1 aliphatic carbocycles. The highest BCUT2D eigenvalue weighted by molar-refractivity contribution is 5.19. The van der Waals surface area contributed by atoms with Crippen molar-refractivity contribution in [1.82, 2.24) is 5.32 Å². The van der Waals surface area contributed by atoms with Gasteiger partial charge in [0.05, 0.1) is 0 Å². The van der Waals surface area contributed by atoms with E-state index in [-0.39, 0.29) is 5.54 Å². The van der Waals surface area contributed by atoms with Gasteiger partial charge < -0.3 is 11.1 Å². The minimum absolute atomic E-state index is 0.140. The zero-order valence-electron chi connectivity index (χ0n) is 13.2. The first kappa shape index (κ1) is 15.5. The van der Waals surface area contributed by atoms with Gasteiger partial charge in [-0.25, -0.2) is 0 Å². The summed E-state index contributed by atoms with van der Waals surface area (Å²) < 4.78 is 0. The molecule has 2 rings (SSSR count). The zero-order valence-corrected chi connectivity index (χ0v) is 13.2. The first-order valence-corrected chi connectivity index (χ1v) is 8.09. The van der Waals surface area contributed by atoms with Crippen LogP contribution in [-0.2, 0) is 0 Å². The van der Waals surface area contributed by atoms with Gasteiger partial charge in [-0.05, 0) is 50.0 Å². The summed E-state index contributed by atoms with van der Waals surface area (Å²) in [4.78, 5) is 0. The molecule has 1 aromatic carbocycles. The molecular weight excluding hydrogens is 244 g/mol. The van der Waals surface area contributed by atoms with Crippen LogP contribution in [0.2, 0.25) is 0 Å². The summed E-state index contributed by atoms with van der Waals surface area (Å²) in [6, 6.07) is 11.1. The summed E-state index contributed by atoms with van der Waals surface area (Å²) in [5.74, 6) is 1.68. The van der Waals surface area contributed by atoms with E-state index in [0.717, 1.165) is 18.4 Å². The molecular formula is C18H30N2. The van der Waals surface area contributed by atoms with Crippen molar-refractivity contribution in [3.8, 4) is 0 Å². The fourth-order valence-corrected chi connectivity index (χ4v) is 3.55. The molecule has 0 aromatic heterocycles. The second kappa shape index (κ2) is 6.73. The van der Waals surface area contributed by atoms with Crippen molar-refractivity contribution in [3.05, 3.63) is 35.9 Å². The van der Waals surface area contributed by atoms with Crippen LogP contribution >= 0.6 is 0 Å². The van der Waals surface area contributed by atoms with Gasteiger partial charge in [-0.2, -0.15) is 0 Å². The Morgan fingerprint density at radius 2 is 1.75 bits per heavy atom. The molecule has 0 radical (unpaired) electrons. The molecule has 1 unspecified atom stereocenters. The summed E-state index contributed by atoms with van der Waals surface area (Å²) in [7, 11) is 0. The van der Waals surface area contributed by atoms with Crippen LogP contribution in [0.25, 0.3) is 0 Å². The van der Waals surface area contributed by atoms with Crippen LogP contribution in [0.5, 0.6) is 0 Å². The molecule has 0 amide bonds. The largest absolute Gasteiger partial charge is 0.329 e. The molecule has 1 fully saturated rings. The number of benzene rings is 1. The molecule has 1 saturated carbocycles. The number of hydrogen-bond acceptors (Lipinski definition) is 2. The maximum atomic E-state index is 6.12. The molecule has 112 valence electrons. The Bertz CT molecular complexity index is 391. The van der Waals surface area contributed by atoms with E-state index in [0.29, 0.717) is 6.04 Å². The molecule has 3 N–H and O–H groups in total. The molecule has 0 bridgehead atoms. The van der Waals surface area contributed by atoms with Gasteiger partial charge in [0.25, 0.3) is 0 Å². The smallest absolute Gasteiger partial charge is 0.0309 e. The van der Waals surface area contributed by atoms with Crippen LogP contribution in [0.1, 0.15) is 58.1 Å². The van der Waals surface area contributed by atoms with Crippen LogP contribution < -0.4 is 11.1 Å². The third-order valence-electron chi connectivity index (χ3n) is 5.14. The first-order chi connectivity index (χ1) is 9.56. The molecule has 1 aromatic rings. The van der Waals surface area contributed by atoms with Crippen molar-refractivity contribution in [2.45, 2.75) is 58.0 Å². The van der Waals surface area contributed by atoms with Gasteiger partial charge in [0, 0.05) is 18.1 Å². The summed E-state index contributed by atoms with van der Waals surface area (Å²) in [6.07, 6.45) is 5.04. The first-order valence-electron chi connectivity index (χ1n) is 8.09. The quantitative estimate of drug-likeness (QED) is 0.855. The molecule has 0 aliphatic heterocycles. The third kappa shape index (κ3) is 3.62. The highest BCUT2D eigenvalue weighted by Crippen LogP contribution is 2.36. The average Bonchev–Trinajstić information content (AvgIpc) is 2.48. The highest BCUT2D eigenvalue weighted by Gasteiger charge is 2.35. The molecule has 1 aliphatic rings. The fraction of sp³-hybridized carbons (Fsp3) is 0.667. The molecule has 0 heterocycles. The molecule has 2 nitrogen and oxygen atoms in total. The molecule has 1 atom stereocenters. The third-order valence-corrected chi connectivity index (χ3v) is 5.14. The Kier molecular flexibility index (Phi) is 5.22. The van der Waals surface area contributed by atoms with Gasteiger partial charge >= 0.3 is 0 Å². The monoisotopic (exact) mass is 274 g/mol. The Morgan fingerprint density at radius 1 is 1.15 bits per heavy atom. The van der Waals surface area contributed by atoms with Gasteiger partial charge in [-0.15, -0.1) is 0 Å². The van der Waals surface area contributed by atoms with Crippen LogP contribution in [0.15, 0.2) is 30.3 Å². The van der Waals surface area contributed by atoms with E-state index in [1.165, 1.54) is 31.2 Å². The molecule has 0 spiro atoms. The minimum Gasteiger partial charge on any atom is -0.329 e. The van der Waals surface area contributed by atoms with Gasteiger partial charge in [0.15, 0.2) is 0 Å². The van der Waals surface area contributed by atoms with Crippen molar-refractivity contribution >= 4 is 0 Å². The van der Waals surface area contributed by atoms with Crippen LogP contribution in [0, 0.1) is 11.8 Å². The standard InChI is InChI=1S/C18H30N2/c1-14(2)16-9-11-18(13-19,12-10-16)20-15(3)17-7-5-4-6-8-17/h4-8,14-16,20H,9-13,19H2,1-3H3. The van der Waals surface area contributed by atoms with Crippen LogP contribution in [-0.4, -0.2) is 12.1 Å². The summed E-state index contributed by atoms with van der Waals surface area (Å²) in [5, 5.41) is 3.83. The van der Waals surface area contributed by atoms with Gasteiger partial charge in [-0.3, -0.25) is 0 Å². The van der Waals surface area contributed by atoms with Crippen LogP contribution in [0.4, 0.5) is 0 Å². The Morgan fingerprint density at radius 3 is 2.25 bits per heavy atom. The number of rotatable bonds is 5. The summed E-state index contributed by atoms with van der Waals surface area (Å²) in [6.45, 7) is 7.69. The Hall–Kier alpha value is -0.860. The predicted octanol–water partition coefficient (Wildman–Crippen LogP) is 3.88. The molecule has 0 saturated heterocycles. The highest BCUT2D eigenvalue weighted by atomic mass is 15.0. The lowest BCUT2D eigenvalue weighted by Crippen LogP contribution is -2.54. The van der Waals surface area contributed by atoms with E-state index in [1.54, 1.807) is 0 Å². The van der Waals surface area contributed by atoms with E-state index in [2.05, 4.69) is 56.4 Å². The van der Waals surface area contributed by atoms with E-state index < -0.39 is 0 Å². The lowest BCUT2D eigenvalue weighted by molar-refractivity contribution is 0.155. The predicted molar refractivity (Wildman–Crippen MR) is 86.6 cm³/mol. The summed E-state index contributed by atoms with van der Waals surface area (Å²) >= 11 is 0. The topological polar surface area (TPSA) is 38.0 Å². The number of nitrogens with two attached hydrogens (primary N) is 1. The van der Waals surface area contributed by atoms with Crippen molar-refractivity contribution < 1.29 is 0 Å². The van der Waals surface area contributed by atoms with Crippen molar-refractivity contribution in [3.63, 3.8) is 0 Å². The van der Waals surface area contributed by atoms with Gasteiger partial charge in [0.2, 0.25) is 0 Å². The maximum Gasteiger partial charge on any atom is 0.0309 e. The van der Waals surface area contributed by atoms with Gasteiger partial charge in [0.1, 0.15) is 0 Å². The van der Waals surface area contributed by atoms with Gasteiger partial charge in [-0.1, -0.05) is 44.2 Å². The van der Waals surface area contributed by atoms with Crippen molar-refractivity contribution in [2.75, 3.05) is 6.54 Å². The Balaban J connectivity index is 1.99. The molecule has 2 heteroatoms. The lowest BCUT2D eigenvalue weighted by atomic mass is 9.72. The zero-order chi connectivity index (χ0) is 14.6. The minimum atomic E-state index is 0.140. The second-order valence-electron chi connectivity index (χ2n) is 6.84. The summed E-state index contributed by atoms with van der Waals surface area (Å²) in [5.41, 5.74) is 7.62. The average molecular weight is 274 g/mol. The van der Waals surface area contributed by atoms with Crippen LogP contribution in [0.3, 0.4) is 0 Å². The Labute approximate surface area is 124 Å². The van der Waals surface area contributed by atoms with Crippen molar-refractivity contribution in [1.29, 1.82) is 0 Å². The SMILES string of the molecule is CC(NC1(CN)CCC(C(C)C)CC1)c1ccccc1. The second-order valence-corrected chi connectivity index (χ2v) is 6.84. The lowest BCUT2D eigenvalue weighted by Gasteiger charge is -2.43.